The van der Waals surface area contributed by atoms with Gasteiger partial charge in [-0.05, 0) is 29.8 Å². The van der Waals surface area contributed by atoms with E-state index in [-0.39, 0.29) is 17.0 Å². The van der Waals surface area contributed by atoms with Crippen LogP contribution < -0.4 is 0 Å². The van der Waals surface area contributed by atoms with Crippen LogP contribution in [0.2, 0.25) is 10.0 Å². The van der Waals surface area contributed by atoms with Gasteiger partial charge in [0.1, 0.15) is 11.6 Å². The number of halogens is 4. The summed E-state index contributed by atoms with van der Waals surface area (Å²) in [4.78, 5) is 0. The lowest BCUT2D eigenvalue weighted by atomic mass is 10.0. The third-order valence-electron chi connectivity index (χ3n) is 2.76. The van der Waals surface area contributed by atoms with Crippen molar-refractivity contribution in [3.63, 3.8) is 0 Å². The van der Waals surface area contributed by atoms with E-state index in [0.29, 0.717) is 10.6 Å². The summed E-state index contributed by atoms with van der Waals surface area (Å²) in [7, 11) is 0. The fraction of sp³-hybridized carbons (Fsp3) is 0.143. The first-order valence-electron chi connectivity index (χ1n) is 5.55. The van der Waals surface area contributed by atoms with E-state index in [1.165, 1.54) is 36.4 Å². The van der Waals surface area contributed by atoms with Gasteiger partial charge in [-0.25, -0.2) is 8.78 Å². The second-order valence-corrected chi connectivity index (χ2v) is 4.88. The van der Waals surface area contributed by atoms with E-state index in [0.717, 1.165) is 0 Å². The maximum atomic E-state index is 13.3. The molecular weight excluding hydrogens is 293 g/mol. The molecule has 5 heteroatoms. The smallest absolute Gasteiger partial charge is 0.142 e. The van der Waals surface area contributed by atoms with E-state index in [4.69, 9.17) is 23.2 Å². The van der Waals surface area contributed by atoms with E-state index >= 15 is 0 Å². The fourth-order valence-electron chi connectivity index (χ4n) is 1.80. The van der Waals surface area contributed by atoms with Crippen molar-refractivity contribution in [1.29, 1.82) is 0 Å². The van der Waals surface area contributed by atoms with Crippen LogP contribution in [0.5, 0.6) is 0 Å². The zero-order valence-electron chi connectivity index (χ0n) is 9.71. The van der Waals surface area contributed by atoms with Crippen LogP contribution in [0.3, 0.4) is 0 Å². The minimum atomic E-state index is -1.05. The Labute approximate surface area is 119 Å². The highest BCUT2D eigenvalue weighted by Gasteiger charge is 2.16. The Balaban J connectivity index is 2.28. The predicted molar refractivity (Wildman–Crippen MR) is 71.5 cm³/mol. The average Bonchev–Trinajstić information content (AvgIpc) is 2.37. The van der Waals surface area contributed by atoms with Gasteiger partial charge in [-0.15, -0.1) is 0 Å². The Hall–Kier alpha value is -1.16. The molecule has 2 rings (SSSR count). The van der Waals surface area contributed by atoms with Gasteiger partial charge in [-0.1, -0.05) is 35.3 Å². The molecule has 1 nitrogen and oxygen atoms in total. The van der Waals surface area contributed by atoms with Crippen LogP contribution in [0.15, 0.2) is 36.4 Å². The van der Waals surface area contributed by atoms with Crippen molar-refractivity contribution in [3.05, 3.63) is 69.2 Å². The standard InChI is InChI=1S/C14H10Cl2F2O/c15-11-5-4-9(17)6-8(11)7-13(19)10-2-1-3-12(18)14(10)16/h1-6,13,19H,7H2. The highest BCUT2D eigenvalue weighted by Crippen LogP contribution is 2.29. The van der Waals surface area contributed by atoms with Crippen LogP contribution in [0, 0.1) is 11.6 Å². The molecule has 0 saturated heterocycles. The zero-order chi connectivity index (χ0) is 14.0. The van der Waals surface area contributed by atoms with Crippen molar-refractivity contribution in [2.45, 2.75) is 12.5 Å². The quantitative estimate of drug-likeness (QED) is 0.882. The minimum absolute atomic E-state index is 0.0553. The summed E-state index contributed by atoms with van der Waals surface area (Å²) in [5, 5.41) is 10.3. The summed E-state index contributed by atoms with van der Waals surface area (Å²) in [5.74, 6) is -1.06. The Kier molecular flexibility index (Phi) is 4.40. The molecule has 0 aliphatic heterocycles. The minimum Gasteiger partial charge on any atom is -0.388 e. The molecule has 1 atom stereocenters. The van der Waals surface area contributed by atoms with Crippen LogP contribution in [0.1, 0.15) is 17.2 Å². The molecule has 1 N–H and O–H groups in total. The number of aliphatic hydroxyl groups is 1. The Morgan fingerprint density at radius 3 is 2.58 bits per heavy atom. The normalized spacial score (nSPS) is 12.5. The third kappa shape index (κ3) is 3.24. The van der Waals surface area contributed by atoms with Gasteiger partial charge in [-0.3, -0.25) is 0 Å². The van der Waals surface area contributed by atoms with Gasteiger partial charge in [0.2, 0.25) is 0 Å². The maximum Gasteiger partial charge on any atom is 0.142 e. The van der Waals surface area contributed by atoms with Crippen LogP contribution in [-0.2, 0) is 6.42 Å². The number of rotatable bonds is 3. The molecular formula is C14H10Cl2F2O. The molecule has 0 amide bonds. The first-order valence-corrected chi connectivity index (χ1v) is 6.30. The summed E-state index contributed by atoms with van der Waals surface area (Å²) in [5.41, 5.74) is 0.691. The molecule has 0 aromatic heterocycles. The van der Waals surface area contributed by atoms with Gasteiger partial charge in [-0.2, -0.15) is 0 Å². The van der Waals surface area contributed by atoms with E-state index < -0.39 is 17.7 Å². The lowest BCUT2D eigenvalue weighted by molar-refractivity contribution is 0.178. The highest BCUT2D eigenvalue weighted by atomic mass is 35.5. The summed E-state index contributed by atoms with van der Waals surface area (Å²) >= 11 is 11.7. The predicted octanol–water partition coefficient (Wildman–Crippen LogP) is 4.55. The van der Waals surface area contributed by atoms with E-state index in [2.05, 4.69) is 0 Å². The molecule has 0 aliphatic rings. The van der Waals surface area contributed by atoms with Crippen LogP contribution in [0.4, 0.5) is 8.78 Å². The molecule has 0 bridgehead atoms. The molecule has 2 aromatic rings. The van der Waals surface area contributed by atoms with Crippen molar-refractivity contribution >= 4 is 23.2 Å². The van der Waals surface area contributed by atoms with E-state index in [1.807, 2.05) is 0 Å². The molecule has 100 valence electrons. The first kappa shape index (κ1) is 14.3. The summed E-state index contributed by atoms with van der Waals surface area (Å²) < 4.78 is 26.4. The summed E-state index contributed by atoms with van der Waals surface area (Å²) in [6, 6.07) is 8.04. The lowest BCUT2D eigenvalue weighted by Gasteiger charge is -2.14. The van der Waals surface area contributed by atoms with Gasteiger partial charge in [0.15, 0.2) is 0 Å². The average molecular weight is 303 g/mol. The molecule has 0 radical (unpaired) electrons. The lowest BCUT2D eigenvalue weighted by Crippen LogP contribution is -2.04. The van der Waals surface area contributed by atoms with Crippen molar-refractivity contribution in [2.75, 3.05) is 0 Å². The monoisotopic (exact) mass is 302 g/mol. The van der Waals surface area contributed by atoms with Crippen LogP contribution in [-0.4, -0.2) is 5.11 Å². The first-order chi connectivity index (χ1) is 8.99. The largest absolute Gasteiger partial charge is 0.388 e. The van der Waals surface area contributed by atoms with Gasteiger partial charge in [0.05, 0.1) is 11.1 Å². The zero-order valence-corrected chi connectivity index (χ0v) is 11.2. The SMILES string of the molecule is OC(Cc1cc(F)ccc1Cl)c1cccc(F)c1Cl. The molecule has 0 fully saturated rings. The van der Waals surface area contributed by atoms with Crippen LogP contribution >= 0.6 is 23.2 Å². The molecule has 0 heterocycles. The molecule has 0 spiro atoms. The van der Waals surface area contributed by atoms with Gasteiger partial charge in [0, 0.05) is 17.0 Å². The van der Waals surface area contributed by atoms with Gasteiger partial charge in [0.25, 0.3) is 0 Å². The Morgan fingerprint density at radius 1 is 1.11 bits per heavy atom. The number of aliphatic hydroxyl groups excluding tert-OH is 1. The second kappa shape index (κ2) is 5.87. The summed E-state index contributed by atoms with van der Waals surface area (Å²) in [6.45, 7) is 0. The number of benzene rings is 2. The Bertz CT molecular complexity index is 602. The van der Waals surface area contributed by atoms with Crippen molar-refractivity contribution in [2.24, 2.45) is 0 Å². The molecule has 2 aromatic carbocycles. The summed E-state index contributed by atoms with van der Waals surface area (Å²) in [6.07, 6.45) is -0.998. The second-order valence-electron chi connectivity index (χ2n) is 4.10. The molecule has 0 aliphatic carbocycles. The molecule has 19 heavy (non-hydrogen) atoms. The third-order valence-corrected chi connectivity index (χ3v) is 3.53. The topological polar surface area (TPSA) is 20.2 Å². The Morgan fingerprint density at radius 2 is 1.84 bits per heavy atom. The van der Waals surface area contributed by atoms with Gasteiger partial charge < -0.3 is 5.11 Å². The van der Waals surface area contributed by atoms with Gasteiger partial charge >= 0.3 is 0 Å². The van der Waals surface area contributed by atoms with Crippen molar-refractivity contribution in [3.8, 4) is 0 Å². The highest BCUT2D eigenvalue weighted by molar-refractivity contribution is 6.31. The van der Waals surface area contributed by atoms with Crippen molar-refractivity contribution in [1.82, 2.24) is 0 Å². The van der Waals surface area contributed by atoms with E-state index in [9.17, 15) is 13.9 Å². The number of hydrogen-bond donors (Lipinski definition) is 1. The van der Waals surface area contributed by atoms with E-state index in [1.54, 1.807) is 0 Å². The van der Waals surface area contributed by atoms with Crippen molar-refractivity contribution < 1.29 is 13.9 Å². The van der Waals surface area contributed by atoms with Crippen LogP contribution in [0.25, 0.3) is 0 Å². The number of hydrogen-bond acceptors (Lipinski definition) is 1. The maximum absolute atomic E-state index is 13.3. The molecule has 1 unspecified atom stereocenters. The molecule has 0 saturated carbocycles. The fourth-order valence-corrected chi connectivity index (χ4v) is 2.24.